The van der Waals surface area contributed by atoms with Crippen LogP contribution in [0.3, 0.4) is 0 Å². The number of aromatic nitrogens is 2. The normalized spacial score (nSPS) is 20.2. The van der Waals surface area contributed by atoms with Crippen LogP contribution in [0, 0.1) is 5.82 Å². The van der Waals surface area contributed by atoms with Crippen LogP contribution in [0.5, 0.6) is 5.75 Å². The molecule has 0 spiro atoms. The van der Waals surface area contributed by atoms with Crippen molar-refractivity contribution in [2.24, 2.45) is 0 Å². The van der Waals surface area contributed by atoms with Crippen LogP contribution in [0.25, 0.3) is 11.3 Å². The predicted octanol–water partition coefficient (Wildman–Crippen LogP) is 4.96. The molecule has 8 heteroatoms. The molecule has 36 heavy (non-hydrogen) atoms. The van der Waals surface area contributed by atoms with E-state index in [1.807, 2.05) is 31.2 Å². The molecule has 5 rings (SSSR count). The third kappa shape index (κ3) is 4.36. The molecule has 3 aromatic rings. The first-order chi connectivity index (χ1) is 17.4. The average Bonchev–Trinajstić information content (AvgIpc) is 3.30. The van der Waals surface area contributed by atoms with Crippen molar-refractivity contribution >= 4 is 17.5 Å². The van der Waals surface area contributed by atoms with Gasteiger partial charge >= 0.3 is 0 Å². The second-order valence-corrected chi connectivity index (χ2v) is 9.70. The maximum Gasteiger partial charge on any atom is 0.277 e. The molecule has 0 saturated heterocycles. The molecule has 1 aliphatic heterocycles. The van der Waals surface area contributed by atoms with Crippen LogP contribution in [0.2, 0.25) is 0 Å². The van der Waals surface area contributed by atoms with Gasteiger partial charge in [-0.15, -0.1) is 0 Å². The molecule has 7 nitrogen and oxygen atoms in total. The highest BCUT2D eigenvalue weighted by Gasteiger charge is 2.50. The predicted molar refractivity (Wildman–Crippen MR) is 135 cm³/mol. The summed E-state index contributed by atoms with van der Waals surface area (Å²) in [5.74, 6) is -0.562. The fourth-order valence-corrected chi connectivity index (χ4v) is 5.21. The van der Waals surface area contributed by atoms with Crippen LogP contribution in [0.4, 0.5) is 10.1 Å². The van der Waals surface area contributed by atoms with Crippen molar-refractivity contribution < 1.29 is 18.7 Å². The van der Waals surface area contributed by atoms with Crippen molar-refractivity contribution in [2.45, 2.75) is 64.1 Å². The van der Waals surface area contributed by atoms with Gasteiger partial charge in [-0.05, 0) is 69.2 Å². The van der Waals surface area contributed by atoms with Crippen LogP contribution < -0.4 is 15.0 Å². The summed E-state index contributed by atoms with van der Waals surface area (Å²) in [5.41, 5.74) is 0.459. The third-order valence-electron chi connectivity index (χ3n) is 7.14. The Morgan fingerprint density at radius 3 is 2.56 bits per heavy atom. The summed E-state index contributed by atoms with van der Waals surface area (Å²) in [6.07, 6.45) is 5.10. The van der Waals surface area contributed by atoms with Crippen LogP contribution >= 0.6 is 0 Å². The van der Waals surface area contributed by atoms with Crippen LogP contribution in [0.15, 0.2) is 54.6 Å². The second-order valence-electron chi connectivity index (χ2n) is 9.70. The first-order valence-corrected chi connectivity index (χ1v) is 12.6. The molecule has 0 bridgehead atoms. The number of nitrogens with zero attached hydrogens (tertiary/aromatic N) is 3. The van der Waals surface area contributed by atoms with E-state index in [0.717, 1.165) is 43.4 Å². The number of rotatable bonds is 6. The quantitative estimate of drug-likeness (QED) is 0.530. The van der Waals surface area contributed by atoms with Gasteiger partial charge in [0.15, 0.2) is 0 Å². The van der Waals surface area contributed by atoms with Crippen molar-refractivity contribution in [3.05, 3.63) is 66.1 Å². The van der Waals surface area contributed by atoms with Gasteiger partial charge in [0.05, 0.1) is 24.5 Å². The number of benzene rings is 2. The number of ether oxygens (including phenoxy) is 1. The Kier molecular flexibility index (Phi) is 6.51. The molecule has 0 radical (unpaired) electrons. The maximum absolute atomic E-state index is 15.0. The van der Waals surface area contributed by atoms with Gasteiger partial charge in [0.1, 0.15) is 22.8 Å². The number of nitrogens with one attached hydrogen (secondary N) is 1. The topological polar surface area (TPSA) is 76.5 Å². The lowest BCUT2D eigenvalue weighted by atomic mass is 9.91. The van der Waals surface area contributed by atoms with E-state index in [4.69, 9.17) is 4.74 Å². The summed E-state index contributed by atoms with van der Waals surface area (Å²) in [4.78, 5) is 28.9. The number of halogens is 1. The van der Waals surface area contributed by atoms with Gasteiger partial charge in [0.25, 0.3) is 5.91 Å². The molecule has 1 fully saturated rings. The summed E-state index contributed by atoms with van der Waals surface area (Å²) in [5, 5.41) is 7.82. The highest BCUT2D eigenvalue weighted by atomic mass is 19.1. The average molecular weight is 491 g/mol. The Labute approximate surface area is 210 Å². The highest BCUT2D eigenvalue weighted by Crippen LogP contribution is 2.36. The van der Waals surface area contributed by atoms with E-state index in [-0.39, 0.29) is 24.2 Å². The zero-order chi connectivity index (χ0) is 25.3. The first-order valence-electron chi connectivity index (χ1n) is 12.6. The fraction of sp³-hybridized carbons (Fsp3) is 0.393. The van der Waals surface area contributed by atoms with Crippen molar-refractivity contribution in [2.75, 3.05) is 11.5 Å². The van der Waals surface area contributed by atoms with E-state index >= 15 is 0 Å². The van der Waals surface area contributed by atoms with Gasteiger partial charge in [0, 0.05) is 11.6 Å². The molecule has 2 heterocycles. The summed E-state index contributed by atoms with van der Waals surface area (Å²) in [7, 11) is 0. The van der Waals surface area contributed by atoms with E-state index in [2.05, 4.69) is 10.4 Å². The Balaban J connectivity index is 1.53. The summed E-state index contributed by atoms with van der Waals surface area (Å²) in [6.45, 7) is 4.29. The zero-order valence-electron chi connectivity index (χ0n) is 20.7. The van der Waals surface area contributed by atoms with E-state index in [9.17, 15) is 14.0 Å². The highest BCUT2D eigenvalue weighted by molar-refractivity contribution is 6.12. The molecule has 2 aliphatic rings. The minimum Gasteiger partial charge on any atom is -0.494 e. The Hall–Kier alpha value is -3.68. The first kappa shape index (κ1) is 24.0. The smallest absolute Gasteiger partial charge is 0.277 e. The largest absolute Gasteiger partial charge is 0.494 e. The van der Waals surface area contributed by atoms with Gasteiger partial charge in [-0.3, -0.25) is 19.2 Å². The van der Waals surface area contributed by atoms with Crippen LogP contribution in [-0.4, -0.2) is 39.8 Å². The van der Waals surface area contributed by atoms with Gasteiger partial charge in [0.2, 0.25) is 5.91 Å². The van der Waals surface area contributed by atoms with E-state index in [1.54, 1.807) is 35.9 Å². The number of para-hydroxylation sites is 1. The molecule has 2 aromatic carbocycles. The molecule has 1 aromatic heterocycles. The molecule has 1 aliphatic carbocycles. The van der Waals surface area contributed by atoms with Gasteiger partial charge in [-0.1, -0.05) is 31.4 Å². The van der Waals surface area contributed by atoms with Crippen molar-refractivity contribution in [3.63, 3.8) is 0 Å². The molecular weight excluding hydrogens is 459 g/mol. The number of carbonyl (C=O) groups excluding carboxylic acids is 2. The van der Waals surface area contributed by atoms with Gasteiger partial charge < -0.3 is 10.1 Å². The summed E-state index contributed by atoms with van der Waals surface area (Å²) >= 11 is 0. The lowest BCUT2D eigenvalue weighted by molar-refractivity contribution is -0.127. The third-order valence-corrected chi connectivity index (χ3v) is 7.14. The van der Waals surface area contributed by atoms with Gasteiger partial charge in [-0.25, -0.2) is 4.39 Å². The molecule has 1 atom stereocenters. The summed E-state index contributed by atoms with van der Waals surface area (Å²) < 4.78 is 22.1. The van der Waals surface area contributed by atoms with E-state index in [0.29, 0.717) is 18.0 Å². The Morgan fingerprint density at radius 1 is 1.14 bits per heavy atom. The number of hydrogen-bond acceptors (Lipinski definition) is 4. The SMILES string of the molecule is CCOc1ccc(-c2cc3n(n2)C[C@@](C)(C(=O)NC2CCCCC2)N(c2ccccc2F)C3=O)cc1. The number of fused-ring (bicyclic) bond motifs is 1. The second kappa shape index (κ2) is 9.76. The molecule has 2 amide bonds. The lowest BCUT2D eigenvalue weighted by Crippen LogP contribution is -2.65. The molecule has 0 unspecified atom stereocenters. The van der Waals surface area contributed by atoms with Crippen LogP contribution in [-0.2, 0) is 11.3 Å². The van der Waals surface area contributed by atoms with Crippen molar-refractivity contribution in [3.8, 4) is 17.0 Å². The standard InChI is InChI=1S/C28H31FN4O3/c1-3-36-21-15-13-19(14-16-21)23-17-25-26(34)33(24-12-8-7-11-22(24)29)28(2,18-32(25)31-23)27(35)30-20-9-5-4-6-10-20/h7-8,11-17,20H,3-6,9-10,18H2,1-2H3,(H,30,35)/t28-/m0/s1. The monoisotopic (exact) mass is 490 g/mol. The Morgan fingerprint density at radius 2 is 1.86 bits per heavy atom. The fourth-order valence-electron chi connectivity index (χ4n) is 5.21. The zero-order valence-corrected chi connectivity index (χ0v) is 20.7. The molecule has 188 valence electrons. The van der Waals surface area contributed by atoms with Crippen molar-refractivity contribution in [1.82, 2.24) is 15.1 Å². The molecule has 1 N–H and O–H groups in total. The van der Waals surface area contributed by atoms with E-state index < -0.39 is 17.3 Å². The maximum atomic E-state index is 15.0. The lowest BCUT2D eigenvalue weighted by Gasteiger charge is -2.44. The number of anilines is 1. The van der Waals surface area contributed by atoms with Crippen LogP contribution in [0.1, 0.15) is 56.4 Å². The van der Waals surface area contributed by atoms with E-state index in [1.165, 1.54) is 11.0 Å². The molecule has 1 saturated carbocycles. The molecular formula is C28H31FN4O3. The minimum absolute atomic E-state index is 0.0547. The Bertz CT molecular complexity index is 1270. The van der Waals surface area contributed by atoms with Crippen molar-refractivity contribution in [1.29, 1.82) is 0 Å². The minimum atomic E-state index is -1.36. The summed E-state index contributed by atoms with van der Waals surface area (Å²) in [6, 6.07) is 15.3. The van der Waals surface area contributed by atoms with Gasteiger partial charge in [-0.2, -0.15) is 5.10 Å². The number of hydrogen-bond donors (Lipinski definition) is 1. The number of amides is 2. The number of carbonyl (C=O) groups is 2.